The molecule has 0 radical (unpaired) electrons. The number of rotatable bonds is 7. The summed E-state index contributed by atoms with van der Waals surface area (Å²) in [5, 5.41) is 3.54. The van der Waals surface area contributed by atoms with Crippen molar-refractivity contribution in [2.45, 2.75) is 26.0 Å². The molecule has 0 heterocycles. The normalized spacial score (nSPS) is 12.8. The van der Waals surface area contributed by atoms with Crippen LogP contribution in [0.2, 0.25) is 5.02 Å². The van der Waals surface area contributed by atoms with Crippen LogP contribution in [-0.2, 0) is 4.79 Å². The number of methoxy groups -OCH3 is 2. The maximum absolute atomic E-state index is 12.4. The number of hydrogen-bond donors (Lipinski definition) is 1. The van der Waals surface area contributed by atoms with Crippen LogP contribution in [0, 0.1) is 0 Å². The first-order chi connectivity index (χ1) is 11.9. The van der Waals surface area contributed by atoms with E-state index < -0.39 is 6.10 Å². The Labute approximate surface area is 152 Å². The Kier molecular flexibility index (Phi) is 6.53. The zero-order valence-electron chi connectivity index (χ0n) is 14.7. The second kappa shape index (κ2) is 8.62. The van der Waals surface area contributed by atoms with E-state index in [1.807, 2.05) is 25.1 Å². The Balaban J connectivity index is 2.05. The van der Waals surface area contributed by atoms with Gasteiger partial charge in [0.1, 0.15) is 17.2 Å². The first-order valence-electron chi connectivity index (χ1n) is 7.89. The number of ether oxygens (including phenoxy) is 3. The topological polar surface area (TPSA) is 56.8 Å². The van der Waals surface area contributed by atoms with Gasteiger partial charge in [-0.15, -0.1) is 0 Å². The lowest BCUT2D eigenvalue weighted by atomic mass is 10.1. The SMILES string of the molecule is COc1ccc(OC)c([C@H](C)NC(=O)[C@H](C)Oc2ccc(Cl)cc2)c1. The molecular formula is C19H22ClNO4. The van der Waals surface area contributed by atoms with Crippen LogP contribution in [0.15, 0.2) is 42.5 Å². The van der Waals surface area contributed by atoms with E-state index in [0.29, 0.717) is 22.3 Å². The monoisotopic (exact) mass is 363 g/mol. The van der Waals surface area contributed by atoms with Gasteiger partial charge in [0, 0.05) is 10.6 Å². The molecular weight excluding hydrogens is 342 g/mol. The minimum absolute atomic E-state index is 0.229. The molecule has 0 aliphatic carbocycles. The van der Waals surface area contributed by atoms with Crippen molar-refractivity contribution in [2.75, 3.05) is 14.2 Å². The van der Waals surface area contributed by atoms with Gasteiger partial charge in [-0.1, -0.05) is 11.6 Å². The standard InChI is InChI=1S/C19H22ClNO4/c1-12(17-11-16(23-3)9-10-18(17)24-4)21-19(22)13(2)25-15-7-5-14(20)6-8-15/h5-13H,1-4H3,(H,21,22)/t12-,13-/m0/s1. The quantitative estimate of drug-likeness (QED) is 0.807. The van der Waals surface area contributed by atoms with Crippen molar-refractivity contribution in [3.8, 4) is 17.2 Å². The smallest absolute Gasteiger partial charge is 0.261 e. The van der Waals surface area contributed by atoms with Gasteiger partial charge in [0.05, 0.1) is 20.3 Å². The number of carbonyl (C=O) groups excluding carboxylic acids is 1. The first-order valence-corrected chi connectivity index (χ1v) is 8.27. The molecule has 0 aliphatic rings. The fraction of sp³-hybridized carbons (Fsp3) is 0.316. The molecule has 25 heavy (non-hydrogen) atoms. The molecule has 2 atom stereocenters. The highest BCUT2D eigenvalue weighted by atomic mass is 35.5. The molecule has 0 saturated carbocycles. The van der Waals surface area contributed by atoms with Crippen molar-refractivity contribution >= 4 is 17.5 Å². The van der Waals surface area contributed by atoms with Crippen molar-refractivity contribution in [1.82, 2.24) is 5.32 Å². The number of nitrogens with one attached hydrogen (secondary N) is 1. The van der Waals surface area contributed by atoms with E-state index in [1.54, 1.807) is 45.4 Å². The van der Waals surface area contributed by atoms with Crippen LogP contribution in [0.25, 0.3) is 0 Å². The number of halogens is 1. The van der Waals surface area contributed by atoms with Crippen LogP contribution in [-0.4, -0.2) is 26.2 Å². The maximum Gasteiger partial charge on any atom is 0.261 e. The highest BCUT2D eigenvalue weighted by Crippen LogP contribution is 2.29. The number of hydrogen-bond acceptors (Lipinski definition) is 4. The summed E-state index contributed by atoms with van der Waals surface area (Å²) in [7, 11) is 3.18. The molecule has 2 rings (SSSR count). The largest absolute Gasteiger partial charge is 0.497 e. The van der Waals surface area contributed by atoms with Crippen LogP contribution >= 0.6 is 11.6 Å². The molecule has 1 N–H and O–H groups in total. The third-order valence-electron chi connectivity index (χ3n) is 3.76. The molecule has 0 spiro atoms. The molecule has 2 aromatic rings. The van der Waals surface area contributed by atoms with E-state index in [1.165, 1.54) is 0 Å². The average Bonchev–Trinajstić information content (AvgIpc) is 2.62. The minimum Gasteiger partial charge on any atom is -0.497 e. The molecule has 5 nitrogen and oxygen atoms in total. The third-order valence-corrected chi connectivity index (χ3v) is 4.01. The van der Waals surface area contributed by atoms with Crippen LogP contribution in [0.3, 0.4) is 0 Å². The van der Waals surface area contributed by atoms with Crippen molar-refractivity contribution < 1.29 is 19.0 Å². The molecule has 0 bridgehead atoms. The van der Waals surface area contributed by atoms with Gasteiger partial charge in [-0.3, -0.25) is 4.79 Å². The molecule has 2 aromatic carbocycles. The van der Waals surface area contributed by atoms with E-state index in [4.69, 9.17) is 25.8 Å². The second-order valence-electron chi connectivity index (χ2n) is 5.55. The van der Waals surface area contributed by atoms with Gasteiger partial charge in [-0.05, 0) is 56.3 Å². The van der Waals surface area contributed by atoms with Gasteiger partial charge in [-0.25, -0.2) is 0 Å². The summed E-state index contributed by atoms with van der Waals surface area (Å²) in [4.78, 5) is 12.4. The van der Waals surface area contributed by atoms with Gasteiger partial charge in [0.2, 0.25) is 0 Å². The van der Waals surface area contributed by atoms with E-state index >= 15 is 0 Å². The van der Waals surface area contributed by atoms with Crippen LogP contribution in [0.1, 0.15) is 25.5 Å². The summed E-state index contributed by atoms with van der Waals surface area (Å²) in [6.07, 6.45) is -0.653. The highest BCUT2D eigenvalue weighted by molar-refractivity contribution is 6.30. The number of amides is 1. The fourth-order valence-electron chi connectivity index (χ4n) is 2.36. The number of carbonyl (C=O) groups is 1. The van der Waals surface area contributed by atoms with E-state index in [2.05, 4.69) is 5.32 Å². The van der Waals surface area contributed by atoms with E-state index in [-0.39, 0.29) is 11.9 Å². The summed E-state index contributed by atoms with van der Waals surface area (Å²) in [6.45, 7) is 3.57. The summed E-state index contributed by atoms with van der Waals surface area (Å²) >= 11 is 5.84. The van der Waals surface area contributed by atoms with E-state index in [9.17, 15) is 4.79 Å². The zero-order chi connectivity index (χ0) is 18.4. The van der Waals surface area contributed by atoms with Gasteiger partial charge < -0.3 is 19.5 Å². The summed E-state index contributed by atoms with van der Waals surface area (Å²) in [5.74, 6) is 1.73. The summed E-state index contributed by atoms with van der Waals surface area (Å²) in [6, 6.07) is 12.1. The van der Waals surface area contributed by atoms with Gasteiger partial charge in [0.15, 0.2) is 6.10 Å². The van der Waals surface area contributed by atoms with Crippen LogP contribution in [0.4, 0.5) is 0 Å². The Morgan fingerprint density at radius 3 is 2.24 bits per heavy atom. The van der Waals surface area contributed by atoms with Gasteiger partial charge >= 0.3 is 0 Å². The molecule has 0 saturated heterocycles. The van der Waals surface area contributed by atoms with Crippen molar-refractivity contribution in [3.63, 3.8) is 0 Å². The molecule has 0 fully saturated rings. The Morgan fingerprint density at radius 2 is 1.64 bits per heavy atom. The van der Waals surface area contributed by atoms with Gasteiger partial charge in [0.25, 0.3) is 5.91 Å². The van der Waals surface area contributed by atoms with Crippen LogP contribution < -0.4 is 19.5 Å². The molecule has 1 amide bonds. The van der Waals surface area contributed by atoms with Crippen LogP contribution in [0.5, 0.6) is 17.2 Å². The fourth-order valence-corrected chi connectivity index (χ4v) is 2.48. The Hall–Kier alpha value is -2.40. The predicted octanol–water partition coefficient (Wildman–Crippen LogP) is 4.00. The Bertz CT molecular complexity index is 718. The van der Waals surface area contributed by atoms with Crippen molar-refractivity contribution in [1.29, 1.82) is 0 Å². The highest BCUT2D eigenvalue weighted by Gasteiger charge is 2.20. The molecule has 134 valence electrons. The lowest BCUT2D eigenvalue weighted by Crippen LogP contribution is -2.37. The van der Waals surface area contributed by atoms with Crippen molar-refractivity contribution in [3.05, 3.63) is 53.1 Å². The molecule has 0 aliphatic heterocycles. The minimum atomic E-state index is -0.653. The third kappa shape index (κ3) is 5.03. The van der Waals surface area contributed by atoms with E-state index in [0.717, 1.165) is 5.56 Å². The predicted molar refractivity (Wildman–Crippen MR) is 97.6 cm³/mol. The summed E-state index contributed by atoms with van der Waals surface area (Å²) < 4.78 is 16.2. The second-order valence-corrected chi connectivity index (χ2v) is 5.99. The summed E-state index contributed by atoms with van der Waals surface area (Å²) in [5.41, 5.74) is 0.828. The number of benzene rings is 2. The zero-order valence-corrected chi connectivity index (χ0v) is 15.5. The molecule has 0 aromatic heterocycles. The lowest BCUT2D eigenvalue weighted by molar-refractivity contribution is -0.127. The lowest BCUT2D eigenvalue weighted by Gasteiger charge is -2.21. The Morgan fingerprint density at radius 1 is 1.00 bits per heavy atom. The first kappa shape index (κ1) is 18.9. The molecule has 6 heteroatoms. The van der Waals surface area contributed by atoms with Crippen molar-refractivity contribution in [2.24, 2.45) is 0 Å². The average molecular weight is 364 g/mol. The van der Waals surface area contributed by atoms with Gasteiger partial charge in [-0.2, -0.15) is 0 Å². The molecule has 0 unspecified atom stereocenters. The maximum atomic E-state index is 12.4.